The van der Waals surface area contributed by atoms with Crippen molar-refractivity contribution in [3.05, 3.63) is 41.7 Å². The number of hydrogen-bond donors (Lipinski definition) is 0. The highest BCUT2D eigenvalue weighted by molar-refractivity contribution is 7.98. The van der Waals surface area contributed by atoms with Gasteiger partial charge in [-0.05, 0) is 12.1 Å². The molecule has 2 heterocycles. The van der Waals surface area contributed by atoms with Gasteiger partial charge in [-0.3, -0.25) is 0 Å². The van der Waals surface area contributed by atoms with Crippen LogP contribution < -0.4 is 0 Å². The van der Waals surface area contributed by atoms with Crippen molar-refractivity contribution in [2.75, 3.05) is 0 Å². The van der Waals surface area contributed by atoms with Crippen molar-refractivity contribution in [2.45, 2.75) is 10.8 Å². The zero-order valence-corrected chi connectivity index (χ0v) is 8.76. The molecule has 2 aromatic heterocycles. The first-order valence-corrected chi connectivity index (χ1v) is 5.34. The minimum absolute atomic E-state index is 0.434. The van der Waals surface area contributed by atoms with Gasteiger partial charge in [-0.2, -0.15) is 0 Å². The predicted molar refractivity (Wildman–Crippen MR) is 55.3 cm³/mol. The van der Waals surface area contributed by atoms with Crippen molar-refractivity contribution in [1.82, 2.24) is 9.97 Å². The van der Waals surface area contributed by atoms with E-state index in [1.54, 1.807) is 18.7 Å². The fraction of sp³-hybridized carbons (Fsp3) is 0.111. The molecular formula is C9H7ClN2OS. The highest BCUT2D eigenvalue weighted by Crippen LogP contribution is 2.25. The average molecular weight is 227 g/mol. The van der Waals surface area contributed by atoms with Crippen LogP contribution in [0.5, 0.6) is 0 Å². The Bertz CT molecular complexity index is 405. The number of thioether (sulfide) groups is 1. The van der Waals surface area contributed by atoms with Crippen LogP contribution in [0.1, 0.15) is 5.76 Å². The smallest absolute Gasteiger partial charge is 0.161 e. The lowest BCUT2D eigenvalue weighted by atomic mass is 10.5. The predicted octanol–water partition coefficient (Wildman–Crippen LogP) is 3.02. The highest BCUT2D eigenvalue weighted by atomic mass is 35.5. The Kier molecular flexibility index (Phi) is 3.06. The third-order valence-electron chi connectivity index (χ3n) is 1.55. The van der Waals surface area contributed by atoms with Crippen molar-refractivity contribution in [1.29, 1.82) is 0 Å². The third-order valence-corrected chi connectivity index (χ3v) is 2.94. The molecular weight excluding hydrogens is 220 g/mol. The fourth-order valence-electron chi connectivity index (χ4n) is 0.939. The third kappa shape index (κ3) is 2.27. The van der Waals surface area contributed by atoms with Crippen molar-refractivity contribution in [2.24, 2.45) is 0 Å². The van der Waals surface area contributed by atoms with Gasteiger partial charge >= 0.3 is 0 Å². The molecule has 0 unspecified atom stereocenters. The molecule has 0 saturated heterocycles. The molecule has 0 amide bonds. The zero-order chi connectivity index (χ0) is 9.80. The number of hydrogen-bond acceptors (Lipinski definition) is 4. The molecule has 14 heavy (non-hydrogen) atoms. The Morgan fingerprint density at radius 2 is 2.21 bits per heavy atom. The monoisotopic (exact) mass is 226 g/mol. The maximum Gasteiger partial charge on any atom is 0.161 e. The molecule has 3 nitrogen and oxygen atoms in total. The summed E-state index contributed by atoms with van der Waals surface area (Å²) in [6.07, 6.45) is 4.84. The summed E-state index contributed by atoms with van der Waals surface area (Å²) in [4.78, 5) is 8.04. The molecule has 0 atom stereocenters. The Morgan fingerprint density at radius 1 is 1.36 bits per heavy atom. The van der Waals surface area contributed by atoms with Gasteiger partial charge in [0.25, 0.3) is 0 Å². The average Bonchev–Trinajstić information content (AvgIpc) is 2.69. The molecule has 0 spiro atoms. The number of nitrogens with zero attached hydrogens (tertiary/aromatic N) is 2. The molecule has 0 saturated carbocycles. The lowest BCUT2D eigenvalue weighted by Crippen LogP contribution is -1.84. The van der Waals surface area contributed by atoms with E-state index < -0.39 is 0 Å². The SMILES string of the molecule is Clc1nccnc1SCc1ccco1. The minimum atomic E-state index is 0.434. The molecule has 0 fully saturated rings. The number of furan rings is 1. The Morgan fingerprint density at radius 3 is 2.93 bits per heavy atom. The number of rotatable bonds is 3. The second-order valence-corrected chi connectivity index (χ2v) is 3.84. The summed E-state index contributed by atoms with van der Waals surface area (Å²) < 4.78 is 5.18. The van der Waals surface area contributed by atoms with Gasteiger partial charge in [-0.1, -0.05) is 23.4 Å². The Labute approximate surface area is 90.5 Å². The van der Waals surface area contributed by atoms with Gasteiger partial charge in [0.05, 0.1) is 12.0 Å². The maximum absolute atomic E-state index is 5.84. The summed E-state index contributed by atoms with van der Waals surface area (Å²) in [5.74, 6) is 1.61. The number of aromatic nitrogens is 2. The van der Waals surface area contributed by atoms with E-state index in [-0.39, 0.29) is 0 Å². The van der Waals surface area contributed by atoms with E-state index in [0.29, 0.717) is 10.9 Å². The van der Waals surface area contributed by atoms with Crippen LogP contribution in [0.2, 0.25) is 5.15 Å². The molecule has 0 N–H and O–H groups in total. The fourth-order valence-corrected chi connectivity index (χ4v) is 1.96. The number of halogens is 1. The minimum Gasteiger partial charge on any atom is -0.468 e. The quantitative estimate of drug-likeness (QED) is 0.755. The Hall–Kier alpha value is -1.00. The van der Waals surface area contributed by atoms with Crippen LogP contribution in [0.4, 0.5) is 0 Å². The summed E-state index contributed by atoms with van der Waals surface area (Å²) in [7, 11) is 0. The van der Waals surface area contributed by atoms with Crippen LogP contribution in [-0.4, -0.2) is 9.97 Å². The lowest BCUT2D eigenvalue weighted by molar-refractivity contribution is 0.530. The largest absolute Gasteiger partial charge is 0.468 e. The van der Waals surface area contributed by atoms with E-state index in [1.165, 1.54) is 11.8 Å². The van der Waals surface area contributed by atoms with Crippen LogP contribution >= 0.6 is 23.4 Å². The summed E-state index contributed by atoms with van der Waals surface area (Å²) in [6, 6.07) is 3.77. The zero-order valence-electron chi connectivity index (χ0n) is 7.18. The molecule has 2 rings (SSSR count). The molecule has 0 radical (unpaired) electrons. The molecule has 0 bridgehead atoms. The van der Waals surface area contributed by atoms with Crippen LogP contribution in [0, 0.1) is 0 Å². The molecule has 0 aliphatic rings. The first kappa shape index (κ1) is 9.55. The van der Waals surface area contributed by atoms with Gasteiger partial charge in [0.1, 0.15) is 10.8 Å². The van der Waals surface area contributed by atoms with Gasteiger partial charge in [0, 0.05) is 12.4 Å². The summed E-state index contributed by atoms with van der Waals surface area (Å²) in [5.41, 5.74) is 0. The topological polar surface area (TPSA) is 38.9 Å². The van der Waals surface area contributed by atoms with Gasteiger partial charge in [0.2, 0.25) is 0 Å². The second kappa shape index (κ2) is 4.48. The van der Waals surface area contributed by atoms with Crippen molar-refractivity contribution in [3.8, 4) is 0 Å². The normalized spacial score (nSPS) is 10.4. The summed E-state index contributed by atoms with van der Waals surface area (Å²) >= 11 is 7.34. The lowest BCUT2D eigenvalue weighted by Gasteiger charge is -1.98. The first-order chi connectivity index (χ1) is 6.86. The van der Waals surface area contributed by atoms with Gasteiger partial charge < -0.3 is 4.42 Å². The van der Waals surface area contributed by atoms with Gasteiger partial charge in [0.15, 0.2) is 5.15 Å². The molecule has 2 aromatic rings. The van der Waals surface area contributed by atoms with Crippen molar-refractivity contribution < 1.29 is 4.42 Å². The maximum atomic E-state index is 5.84. The molecule has 0 aromatic carbocycles. The molecule has 72 valence electrons. The summed E-state index contributed by atoms with van der Waals surface area (Å²) in [6.45, 7) is 0. The van der Waals surface area contributed by atoms with E-state index in [2.05, 4.69) is 9.97 Å². The van der Waals surface area contributed by atoms with Crippen LogP contribution in [0.15, 0.2) is 40.2 Å². The van der Waals surface area contributed by atoms with E-state index in [9.17, 15) is 0 Å². The standard InChI is InChI=1S/C9H7ClN2OS/c10-8-9(12-4-3-11-8)14-6-7-2-1-5-13-7/h1-5H,6H2. The van der Waals surface area contributed by atoms with E-state index in [0.717, 1.165) is 10.8 Å². The van der Waals surface area contributed by atoms with E-state index in [1.807, 2.05) is 12.1 Å². The second-order valence-electron chi connectivity index (χ2n) is 2.52. The Balaban J connectivity index is 2.02. The summed E-state index contributed by atoms with van der Waals surface area (Å²) in [5, 5.41) is 1.16. The van der Waals surface area contributed by atoms with Crippen LogP contribution in [-0.2, 0) is 5.75 Å². The highest BCUT2D eigenvalue weighted by Gasteiger charge is 2.04. The van der Waals surface area contributed by atoms with E-state index >= 15 is 0 Å². The van der Waals surface area contributed by atoms with Crippen LogP contribution in [0.25, 0.3) is 0 Å². The van der Waals surface area contributed by atoms with Crippen LogP contribution in [0.3, 0.4) is 0 Å². The van der Waals surface area contributed by atoms with Gasteiger partial charge in [-0.15, -0.1) is 0 Å². The van der Waals surface area contributed by atoms with E-state index in [4.69, 9.17) is 16.0 Å². The van der Waals surface area contributed by atoms with Crippen molar-refractivity contribution >= 4 is 23.4 Å². The molecule has 0 aliphatic carbocycles. The molecule has 0 aliphatic heterocycles. The first-order valence-electron chi connectivity index (χ1n) is 3.98. The van der Waals surface area contributed by atoms with Gasteiger partial charge in [-0.25, -0.2) is 9.97 Å². The van der Waals surface area contributed by atoms with Crippen molar-refractivity contribution in [3.63, 3.8) is 0 Å². The molecule has 5 heteroatoms.